The quantitative estimate of drug-likeness (QED) is 0.324. The third kappa shape index (κ3) is 5.24. The number of pyridine rings is 1. The molecule has 0 radical (unpaired) electrons. The maximum Gasteiger partial charge on any atom is 0.227 e. The van der Waals surface area contributed by atoms with Crippen molar-refractivity contribution in [1.82, 2.24) is 19.9 Å². The van der Waals surface area contributed by atoms with Crippen LogP contribution >= 0.6 is 11.6 Å². The van der Waals surface area contributed by atoms with Crippen molar-refractivity contribution in [1.29, 1.82) is 0 Å². The first kappa shape index (κ1) is 25.2. The number of benzene rings is 2. The van der Waals surface area contributed by atoms with Gasteiger partial charge in [0.1, 0.15) is 0 Å². The number of aryl methyl sites for hydroxylation is 1. The molecule has 0 spiro atoms. The Morgan fingerprint density at radius 2 is 1.95 bits per heavy atom. The van der Waals surface area contributed by atoms with Gasteiger partial charge in [-0.25, -0.2) is 9.97 Å². The topological polar surface area (TPSA) is 83.4 Å². The summed E-state index contributed by atoms with van der Waals surface area (Å²) in [4.78, 5) is 16.2. The number of aliphatic hydroxyl groups excluding tert-OH is 1. The molecule has 196 valence electrons. The van der Waals surface area contributed by atoms with Gasteiger partial charge in [-0.1, -0.05) is 23.7 Å². The predicted octanol–water partition coefficient (Wildman–Crippen LogP) is 5.86. The molecule has 2 aliphatic rings. The smallest absolute Gasteiger partial charge is 0.227 e. The van der Waals surface area contributed by atoms with E-state index in [9.17, 15) is 5.11 Å². The maximum absolute atomic E-state index is 10.1. The number of fused-ring (bicyclic) bond motifs is 1. The van der Waals surface area contributed by atoms with Crippen molar-refractivity contribution in [3.05, 3.63) is 76.7 Å². The lowest BCUT2D eigenvalue weighted by Crippen LogP contribution is -2.23. The number of aromatic nitrogens is 3. The molecule has 0 amide bonds. The molecule has 4 aromatic rings. The van der Waals surface area contributed by atoms with E-state index in [2.05, 4.69) is 45.3 Å². The summed E-state index contributed by atoms with van der Waals surface area (Å²) in [5, 5.41) is 14.9. The van der Waals surface area contributed by atoms with E-state index in [1.165, 1.54) is 11.1 Å². The van der Waals surface area contributed by atoms with E-state index < -0.39 is 0 Å². The minimum absolute atomic E-state index is 0.238. The number of β-amino-alcohol motifs (C(OH)–C–C–N with tert-alkyl or cyclic N) is 1. The van der Waals surface area contributed by atoms with Crippen molar-refractivity contribution in [2.75, 3.05) is 31.6 Å². The standard InChI is InChI=1S/C30H32ClN5O2/c1-19-6-10-32-15-26(19)25-4-5-28(31)27-16-33-30(35-29(25)27)34-22-2-3-24(20-8-12-38-13-9-20)21(14-22)17-36-11-7-23(37)18-36/h2-6,10,14-16,20,23,37H,7-9,11-13,17-18H2,1H3,(H,33,34,35)/t23-/m1/s1. The van der Waals surface area contributed by atoms with Crippen LogP contribution in [0.3, 0.4) is 0 Å². The molecule has 1 atom stereocenters. The van der Waals surface area contributed by atoms with Crippen molar-refractivity contribution in [2.45, 2.75) is 44.8 Å². The second-order valence-corrected chi connectivity index (χ2v) is 10.8. The predicted molar refractivity (Wildman–Crippen MR) is 151 cm³/mol. The Hall–Kier alpha value is -3.10. The van der Waals surface area contributed by atoms with E-state index in [-0.39, 0.29) is 6.10 Å². The molecule has 2 aromatic heterocycles. The molecule has 0 bridgehead atoms. The second kappa shape index (κ2) is 10.9. The van der Waals surface area contributed by atoms with Crippen molar-refractivity contribution >= 4 is 34.1 Å². The molecule has 2 saturated heterocycles. The molecule has 6 rings (SSSR count). The first-order valence-corrected chi connectivity index (χ1v) is 13.7. The van der Waals surface area contributed by atoms with Crippen molar-refractivity contribution in [3.63, 3.8) is 0 Å². The Bertz CT molecular complexity index is 1460. The average Bonchev–Trinajstić information content (AvgIpc) is 3.34. The van der Waals surface area contributed by atoms with Gasteiger partial charge in [0.25, 0.3) is 0 Å². The third-order valence-corrected chi connectivity index (χ3v) is 8.06. The number of likely N-dealkylation sites (tertiary alicyclic amines) is 1. The monoisotopic (exact) mass is 529 g/mol. The molecule has 2 N–H and O–H groups in total. The number of nitrogens with one attached hydrogen (secondary N) is 1. The maximum atomic E-state index is 10.1. The summed E-state index contributed by atoms with van der Waals surface area (Å²) in [6.07, 6.45) is 8.11. The summed E-state index contributed by atoms with van der Waals surface area (Å²) in [7, 11) is 0. The number of hydrogen-bond donors (Lipinski definition) is 2. The lowest BCUT2D eigenvalue weighted by Gasteiger charge is -2.27. The fraction of sp³-hybridized carbons (Fsp3) is 0.367. The molecule has 0 unspecified atom stereocenters. The molecule has 8 heteroatoms. The molecule has 2 fully saturated rings. The van der Waals surface area contributed by atoms with Gasteiger partial charge in [-0.15, -0.1) is 0 Å². The van der Waals surface area contributed by atoms with Crippen LogP contribution in [-0.2, 0) is 11.3 Å². The van der Waals surface area contributed by atoms with Crippen LogP contribution in [0.1, 0.15) is 41.9 Å². The Morgan fingerprint density at radius 3 is 2.74 bits per heavy atom. The van der Waals surface area contributed by atoms with Gasteiger partial charge in [-0.3, -0.25) is 9.88 Å². The van der Waals surface area contributed by atoms with Gasteiger partial charge in [0.2, 0.25) is 5.95 Å². The van der Waals surface area contributed by atoms with E-state index in [4.69, 9.17) is 21.3 Å². The number of anilines is 2. The minimum atomic E-state index is -0.238. The van der Waals surface area contributed by atoms with Gasteiger partial charge in [0.15, 0.2) is 0 Å². The van der Waals surface area contributed by atoms with Crippen LogP contribution in [0.4, 0.5) is 11.6 Å². The number of hydrogen-bond acceptors (Lipinski definition) is 7. The lowest BCUT2D eigenvalue weighted by atomic mass is 9.88. The summed E-state index contributed by atoms with van der Waals surface area (Å²) in [6, 6.07) is 12.5. The third-order valence-electron chi connectivity index (χ3n) is 7.73. The van der Waals surface area contributed by atoms with Gasteiger partial charge >= 0.3 is 0 Å². The van der Waals surface area contributed by atoms with Crippen molar-refractivity contribution in [3.8, 4) is 11.1 Å². The summed E-state index contributed by atoms with van der Waals surface area (Å²) in [5.41, 5.74) is 7.51. The molecule has 2 aromatic carbocycles. The van der Waals surface area contributed by atoms with Crippen LogP contribution in [0, 0.1) is 6.92 Å². The van der Waals surface area contributed by atoms with Crippen LogP contribution in [-0.4, -0.2) is 57.4 Å². The highest BCUT2D eigenvalue weighted by Crippen LogP contribution is 2.35. The zero-order chi connectivity index (χ0) is 26.1. The molecular formula is C30H32ClN5O2. The molecule has 2 aliphatic heterocycles. The Labute approximate surface area is 227 Å². The van der Waals surface area contributed by atoms with Crippen molar-refractivity contribution in [2.24, 2.45) is 0 Å². The van der Waals surface area contributed by atoms with E-state index in [1.54, 1.807) is 12.4 Å². The highest BCUT2D eigenvalue weighted by Gasteiger charge is 2.24. The number of ether oxygens (including phenoxy) is 1. The van der Waals surface area contributed by atoms with Gasteiger partial charge < -0.3 is 15.2 Å². The zero-order valence-electron chi connectivity index (χ0n) is 21.5. The summed E-state index contributed by atoms with van der Waals surface area (Å²) in [6.45, 7) is 6.13. The van der Waals surface area contributed by atoms with Crippen LogP contribution < -0.4 is 5.32 Å². The molecule has 38 heavy (non-hydrogen) atoms. The van der Waals surface area contributed by atoms with E-state index >= 15 is 0 Å². The Kier molecular flexibility index (Phi) is 7.26. The molecule has 0 aliphatic carbocycles. The second-order valence-electron chi connectivity index (χ2n) is 10.3. The van der Waals surface area contributed by atoms with Crippen LogP contribution in [0.25, 0.3) is 22.0 Å². The van der Waals surface area contributed by atoms with E-state index in [0.29, 0.717) is 16.9 Å². The summed E-state index contributed by atoms with van der Waals surface area (Å²) >= 11 is 6.52. The summed E-state index contributed by atoms with van der Waals surface area (Å²) < 4.78 is 5.62. The first-order valence-electron chi connectivity index (χ1n) is 13.3. The molecule has 0 saturated carbocycles. The average molecular weight is 530 g/mol. The van der Waals surface area contributed by atoms with Gasteiger partial charge in [-0.2, -0.15) is 0 Å². The normalized spacial score (nSPS) is 18.8. The van der Waals surface area contributed by atoms with E-state index in [1.807, 2.05) is 24.4 Å². The number of nitrogens with zero attached hydrogens (tertiary/aromatic N) is 4. The van der Waals surface area contributed by atoms with E-state index in [0.717, 1.165) is 85.4 Å². The first-order chi connectivity index (χ1) is 18.5. The van der Waals surface area contributed by atoms with Crippen LogP contribution in [0.2, 0.25) is 5.02 Å². The molecular weight excluding hydrogens is 498 g/mol. The molecule has 7 nitrogen and oxygen atoms in total. The van der Waals surface area contributed by atoms with Gasteiger partial charge in [0.05, 0.1) is 16.6 Å². The highest BCUT2D eigenvalue weighted by atomic mass is 35.5. The van der Waals surface area contributed by atoms with Crippen molar-refractivity contribution < 1.29 is 9.84 Å². The Balaban J connectivity index is 1.34. The van der Waals surface area contributed by atoms with Crippen LogP contribution in [0.5, 0.6) is 0 Å². The number of halogens is 1. The molecule has 4 heterocycles. The SMILES string of the molecule is Cc1ccncc1-c1ccc(Cl)c2cnc(Nc3ccc(C4CCOCC4)c(CN4CC[C@@H](O)C4)c3)nc12. The van der Waals surface area contributed by atoms with Gasteiger partial charge in [0, 0.05) is 73.6 Å². The summed E-state index contributed by atoms with van der Waals surface area (Å²) in [5.74, 6) is 1.01. The number of rotatable bonds is 6. The zero-order valence-corrected chi connectivity index (χ0v) is 22.3. The minimum Gasteiger partial charge on any atom is -0.392 e. The van der Waals surface area contributed by atoms with Crippen LogP contribution in [0.15, 0.2) is 55.0 Å². The van der Waals surface area contributed by atoms with Gasteiger partial charge in [-0.05, 0) is 73.1 Å². The highest BCUT2D eigenvalue weighted by molar-refractivity contribution is 6.35. The fourth-order valence-corrected chi connectivity index (χ4v) is 5.87. The lowest BCUT2D eigenvalue weighted by molar-refractivity contribution is 0.0850. The Morgan fingerprint density at radius 1 is 1.08 bits per heavy atom. The number of aliphatic hydroxyl groups is 1. The largest absolute Gasteiger partial charge is 0.392 e. The fourth-order valence-electron chi connectivity index (χ4n) is 5.66.